The van der Waals surface area contributed by atoms with Crippen molar-refractivity contribution < 1.29 is 26.7 Å². The standard InChI is InChI=1S/C17H12BrF5N2O/c1-8-2-14(18)10(3-9-4-11(19)7-12(20)5-9)6-13(8)15(24)25-16(26)17(21,22)23/h2,4-7H,3H2,1H3,(H2,24,25,26). The second kappa shape index (κ2) is 7.53. The first-order valence-corrected chi connectivity index (χ1v) is 7.96. The summed E-state index contributed by atoms with van der Waals surface area (Å²) in [4.78, 5) is 13.9. The lowest BCUT2D eigenvalue weighted by atomic mass is 9.99. The van der Waals surface area contributed by atoms with E-state index in [0.717, 1.165) is 18.2 Å². The number of hydrogen-bond donors (Lipinski definition) is 1. The van der Waals surface area contributed by atoms with Gasteiger partial charge in [-0.15, -0.1) is 0 Å². The van der Waals surface area contributed by atoms with Gasteiger partial charge in [0.25, 0.3) is 0 Å². The number of rotatable bonds is 3. The number of hydrogen-bond acceptors (Lipinski definition) is 1. The zero-order chi connectivity index (χ0) is 19.6. The molecule has 0 bridgehead atoms. The molecule has 0 radical (unpaired) electrons. The summed E-state index contributed by atoms with van der Waals surface area (Å²) in [5.74, 6) is -4.41. The molecule has 0 spiro atoms. The SMILES string of the molecule is Cc1cc(Br)c(Cc2cc(F)cc(F)c2)cc1C(N)=NC(=O)C(F)(F)F. The van der Waals surface area contributed by atoms with E-state index in [0.29, 0.717) is 21.2 Å². The van der Waals surface area contributed by atoms with E-state index in [1.165, 1.54) is 6.07 Å². The molecule has 0 aliphatic carbocycles. The van der Waals surface area contributed by atoms with Crippen molar-refractivity contribution in [2.45, 2.75) is 19.5 Å². The molecule has 0 fully saturated rings. The fraction of sp³-hybridized carbons (Fsp3) is 0.176. The summed E-state index contributed by atoms with van der Waals surface area (Å²) < 4.78 is 64.2. The fourth-order valence-electron chi connectivity index (χ4n) is 2.29. The number of benzene rings is 2. The van der Waals surface area contributed by atoms with Crippen LogP contribution in [0.4, 0.5) is 22.0 Å². The van der Waals surface area contributed by atoms with E-state index < -0.39 is 29.6 Å². The van der Waals surface area contributed by atoms with Gasteiger partial charge in [0, 0.05) is 16.1 Å². The van der Waals surface area contributed by atoms with Crippen molar-refractivity contribution in [2.75, 3.05) is 0 Å². The number of carbonyl (C=O) groups is 1. The van der Waals surface area contributed by atoms with Gasteiger partial charge < -0.3 is 5.73 Å². The lowest BCUT2D eigenvalue weighted by Gasteiger charge is -2.12. The van der Waals surface area contributed by atoms with Crippen LogP contribution in [0, 0.1) is 18.6 Å². The van der Waals surface area contributed by atoms with Crippen LogP contribution in [0.2, 0.25) is 0 Å². The monoisotopic (exact) mass is 434 g/mol. The summed E-state index contributed by atoms with van der Waals surface area (Å²) in [6.07, 6.45) is -5.04. The van der Waals surface area contributed by atoms with E-state index in [2.05, 4.69) is 20.9 Å². The van der Waals surface area contributed by atoms with Gasteiger partial charge in [0.2, 0.25) is 0 Å². The summed E-state index contributed by atoms with van der Waals surface area (Å²) in [5.41, 5.74) is 6.97. The minimum absolute atomic E-state index is 0.0863. The molecule has 9 heteroatoms. The fourth-order valence-corrected chi connectivity index (χ4v) is 2.89. The number of nitrogens with two attached hydrogens (primary N) is 1. The minimum atomic E-state index is -5.13. The van der Waals surface area contributed by atoms with Gasteiger partial charge >= 0.3 is 12.1 Å². The first-order valence-electron chi connectivity index (χ1n) is 7.17. The summed E-state index contributed by atoms with van der Waals surface area (Å²) in [5, 5.41) is 0. The Balaban J connectivity index is 2.43. The Kier molecular flexibility index (Phi) is 5.80. The van der Waals surface area contributed by atoms with E-state index >= 15 is 0 Å². The van der Waals surface area contributed by atoms with Gasteiger partial charge in [-0.3, -0.25) is 4.79 Å². The molecule has 0 aromatic heterocycles. The van der Waals surface area contributed by atoms with Crippen LogP contribution >= 0.6 is 15.9 Å². The molecular weight excluding hydrogens is 423 g/mol. The molecule has 0 saturated heterocycles. The predicted octanol–water partition coefficient (Wildman–Crippen LogP) is 4.42. The maximum absolute atomic E-state index is 13.3. The van der Waals surface area contributed by atoms with Gasteiger partial charge in [-0.1, -0.05) is 15.9 Å². The highest BCUT2D eigenvalue weighted by Gasteiger charge is 2.38. The number of aliphatic imine (C=N–C) groups is 1. The molecule has 2 rings (SSSR count). The van der Waals surface area contributed by atoms with Crippen molar-refractivity contribution in [3.63, 3.8) is 0 Å². The molecule has 0 saturated carbocycles. The normalized spacial score (nSPS) is 12.3. The van der Waals surface area contributed by atoms with Gasteiger partial charge in [0.05, 0.1) is 0 Å². The number of nitrogens with zero attached hydrogens (tertiary/aromatic N) is 1. The number of amidine groups is 1. The van der Waals surface area contributed by atoms with Crippen molar-refractivity contribution in [1.82, 2.24) is 0 Å². The molecule has 138 valence electrons. The number of alkyl halides is 3. The highest BCUT2D eigenvalue weighted by molar-refractivity contribution is 9.10. The molecule has 0 aliphatic heterocycles. The van der Waals surface area contributed by atoms with Gasteiger partial charge in [0.15, 0.2) is 0 Å². The van der Waals surface area contributed by atoms with Crippen molar-refractivity contribution in [3.8, 4) is 0 Å². The first kappa shape index (κ1) is 20.0. The second-order valence-electron chi connectivity index (χ2n) is 5.51. The van der Waals surface area contributed by atoms with Gasteiger partial charge in [0.1, 0.15) is 17.5 Å². The summed E-state index contributed by atoms with van der Waals surface area (Å²) in [7, 11) is 0. The largest absolute Gasteiger partial charge is 0.473 e. The van der Waals surface area contributed by atoms with E-state index in [-0.39, 0.29) is 12.0 Å². The zero-order valence-electron chi connectivity index (χ0n) is 13.3. The lowest BCUT2D eigenvalue weighted by Crippen LogP contribution is -2.25. The lowest BCUT2D eigenvalue weighted by molar-refractivity contribution is -0.169. The Labute approximate surface area is 153 Å². The smallest absolute Gasteiger partial charge is 0.383 e. The second-order valence-corrected chi connectivity index (χ2v) is 6.37. The Morgan fingerprint density at radius 3 is 2.23 bits per heavy atom. The quantitative estimate of drug-likeness (QED) is 0.441. The molecule has 2 aromatic rings. The Morgan fingerprint density at radius 1 is 1.12 bits per heavy atom. The zero-order valence-corrected chi connectivity index (χ0v) is 14.9. The molecule has 0 heterocycles. The molecule has 26 heavy (non-hydrogen) atoms. The number of carbonyl (C=O) groups excluding carboxylic acids is 1. The van der Waals surface area contributed by atoms with Crippen LogP contribution in [0.3, 0.4) is 0 Å². The van der Waals surface area contributed by atoms with Crippen LogP contribution in [-0.4, -0.2) is 17.9 Å². The van der Waals surface area contributed by atoms with Crippen molar-refractivity contribution in [1.29, 1.82) is 0 Å². The van der Waals surface area contributed by atoms with Crippen LogP contribution in [-0.2, 0) is 11.2 Å². The topological polar surface area (TPSA) is 55.4 Å². The molecular formula is C17H12BrF5N2O. The molecule has 0 aliphatic rings. The molecule has 2 N–H and O–H groups in total. The third kappa shape index (κ3) is 4.87. The van der Waals surface area contributed by atoms with Gasteiger partial charge in [-0.25, -0.2) is 8.78 Å². The Hall–Kier alpha value is -2.29. The van der Waals surface area contributed by atoms with Crippen LogP contribution in [0.1, 0.15) is 22.3 Å². The molecule has 0 atom stereocenters. The number of aryl methyl sites for hydroxylation is 1. The van der Waals surface area contributed by atoms with Crippen LogP contribution < -0.4 is 5.73 Å². The van der Waals surface area contributed by atoms with E-state index in [1.54, 1.807) is 13.0 Å². The molecule has 2 aromatic carbocycles. The van der Waals surface area contributed by atoms with Crippen molar-refractivity contribution in [2.24, 2.45) is 10.7 Å². The molecule has 1 amide bonds. The van der Waals surface area contributed by atoms with Crippen LogP contribution in [0.25, 0.3) is 0 Å². The van der Waals surface area contributed by atoms with Crippen LogP contribution in [0.5, 0.6) is 0 Å². The van der Waals surface area contributed by atoms with E-state index in [9.17, 15) is 26.7 Å². The summed E-state index contributed by atoms with van der Waals surface area (Å²) in [6.45, 7) is 1.58. The minimum Gasteiger partial charge on any atom is -0.383 e. The first-order chi connectivity index (χ1) is 12.0. The molecule has 3 nitrogen and oxygen atoms in total. The van der Waals surface area contributed by atoms with E-state index in [4.69, 9.17) is 5.73 Å². The highest BCUT2D eigenvalue weighted by atomic mass is 79.9. The predicted molar refractivity (Wildman–Crippen MR) is 89.8 cm³/mol. The summed E-state index contributed by atoms with van der Waals surface area (Å²) in [6, 6.07) is 6.00. The van der Waals surface area contributed by atoms with Crippen molar-refractivity contribution >= 4 is 27.7 Å². The highest BCUT2D eigenvalue weighted by Crippen LogP contribution is 2.25. The van der Waals surface area contributed by atoms with Gasteiger partial charge in [-0.05, 0) is 54.3 Å². The van der Waals surface area contributed by atoms with Gasteiger partial charge in [-0.2, -0.15) is 18.2 Å². The van der Waals surface area contributed by atoms with E-state index in [1.807, 2.05) is 0 Å². The average Bonchev–Trinajstić information content (AvgIpc) is 2.47. The maximum atomic E-state index is 13.3. The number of halogens is 6. The maximum Gasteiger partial charge on any atom is 0.473 e. The summed E-state index contributed by atoms with van der Waals surface area (Å²) >= 11 is 3.29. The average molecular weight is 435 g/mol. The van der Waals surface area contributed by atoms with Crippen molar-refractivity contribution in [3.05, 3.63) is 68.7 Å². The Bertz CT molecular complexity index is 873. The molecule has 0 unspecified atom stereocenters. The third-order valence-corrected chi connectivity index (χ3v) is 4.19. The Morgan fingerprint density at radius 2 is 1.69 bits per heavy atom. The van der Waals surface area contributed by atoms with Crippen LogP contribution in [0.15, 0.2) is 39.8 Å². The third-order valence-electron chi connectivity index (χ3n) is 3.45. The number of amides is 1.